The number of sulfonamides is 1. The third kappa shape index (κ3) is 9.45. The molecule has 2 aromatic carbocycles. The number of carbonyl (C=O) groups is 2. The number of carbonyl (C=O) groups excluding carboxylic acids is 1. The molecule has 1 fully saturated rings. The van der Waals surface area contributed by atoms with Crippen LogP contribution in [0.2, 0.25) is 0 Å². The summed E-state index contributed by atoms with van der Waals surface area (Å²) in [4.78, 5) is 25.1. The number of alkyl halides is 5. The molecule has 0 bridgehead atoms. The third-order valence-electron chi connectivity index (χ3n) is 6.69. The number of aryl methyl sites for hydroxylation is 1. The fourth-order valence-electron chi connectivity index (χ4n) is 4.28. The quantitative estimate of drug-likeness (QED) is 0.323. The first-order valence-electron chi connectivity index (χ1n) is 13.4. The van der Waals surface area contributed by atoms with Crippen LogP contribution < -0.4 is 10.5 Å². The van der Waals surface area contributed by atoms with E-state index in [1.54, 1.807) is 25.1 Å². The molecule has 1 aliphatic rings. The molecule has 11 nitrogen and oxygen atoms in total. The Labute approximate surface area is 255 Å². The van der Waals surface area contributed by atoms with Gasteiger partial charge in [0, 0.05) is 44.2 Å². The lowest BCUT2D eigenvalue weighted by atomic mass is 10.0. The highest BCUT2D eigenvalue weighted by molar-refractivity contribution is 7.89. The number of halogens is 5. The molecule has 3 N–H and O–H groups in total. The van der Waals surface area contributed by atoms with Gasteiger partial charge in [0.15, 0.2) is 0 Å². The van der Waals surface area contributed by atoms with Crippen molar-refractivity contribution in [3.63, 3.8) is 0 Å². The summed E-state index contributed by atoms with van der Waals surface area (Å²) in [5, 5.41) is 13.2. The summed E-state index contributed by atoms with van der Waals surface area (Å²) < 4.78 is 98.3. The average Bonchev–Trinajstić information content (AvgIpc) is 3.40. The number of ether oxygens (including phenoxy) is 1. The van der Waals surface area contributed by atoms with Gasteiger partial charge in [-0.3, -0.25) is 9.59 Å². The predicted octanol–water partition coefficient (Wildman–Crippen LogP) is 4.06. The lowest BCUT2D eigenvalue weighted by Gasteiger charge is -2.38. The molecule has 0 saturated carbocycles. The molecule has 0 spiro atoms. The van der Waals surface area contributed by atoms with E-state index in [0.717, 1.165) is 29.8 Å². The Morgan fingerprint density at radius 1 is 1.07 bits per heavy atom. The van der Waals surface area contributed by atoms with Gasteiger partial charge in [0.2, 0.25) is 15.9 Å². The van der Waals surface area contributed by atoms with Gasteiger partial charge in [0.05, 0.1) is 17.0 Å². The minimum atomic E-state index is -4.94. The molecule has 1 amide bonds. The number of nitrogens with two attached hydrogens (primary N) is 1. The number of carboxylic acid groups (broad SMARTS) is 1. The second kappa shape index (κ2) is 14.3. The van der Waals surface area contributed by atoms with Crippen molar-refractivity contribution in [2.75, 3.05) is 19.6 Å². The first-order chi connectivity index (χ1) is 21.0. The second-order valence-electron chi connectivity index (χ2n) is 9.90. The van der Waals surface area contributed by atoms with Gasteiger partial charge in [-0.25, -0.2) is 17.2 Å². The van der Waals surface area contributed by atoms with Crippen molar-refractivity contribution in [1.82, 2.24) is 14.4 Å². The molecule has 0 radical (unpaired) electrons. The maximum Gasteiger partial charge on any atom is 0.573 e. The van der Waals surface area contributed by atoms with E-state index in [-0.39, 0.29) is 37.3 Å². The average molecular weight is 663 g/mol. The number of aliphatic carboxylic acids is 1. The van der Waals surface area contributed by atoms with Crippen molar-refractivity contribution in [2.45, 2.75) is 56.5 Å². The molecule has 1 saturated heterocycles. The van der Waals surface area contributed by atoms with Gasteiger partial charge in [-0.1, -0.05) is 36.3 Å². The first kappa shape index (κ1) is 35.4. The molecule has 2 heterocycles. The van der Waals surface area contributed by atoms with Crippen LogP contribution in [-0.4, -0.2) is 71.8 Å². The Bertz CT molecular complexity index is 1560. The monoisotopic (exact) mass is 662 g/mol. The molecule has 17 heteroatoms. The van der Waals surface area contributed by atoms with Crippen LogP contribution in [-0.2, 0) is 38.5 Å². The number of amides is 1. The number of piperazine rings is 1. The van der Waals surface area contributed by atoms with Crippen molar-refractivity contribution in [3.8, 4) is 5.75 Å². The van der Waals surface area contributed by atoms with E-state index in [0.29, 0.717) is 16.5 Å². The highest BCUT2D eigenvalue weighted by Gasteiger charge is 2.41. The fourth-order valence-corrected chi connectivity index (χ4v) is 5.84. The lowest BCUT2D eigenvalue weighted by molar-refractivity contribution is -0.274. The van der Waals surface area contributed by atoms with E-state index in [4.69, 9.17) is 10.3 Å². The summed E-state index contributed by atoms with van der Waals surface area (Å²) in [6.45, 7) is 2.72. The zero-order valence-electron chi connectivity index (χ0n) is 24.1. The van der Waals surface area contributed by atoms with Crippen molar-refractivity contribution in [1.29, 1.82) is 0 Å². The Morgan fingerprint density at radius 3 is 2.18 bits per heavy atom. The van der Waals surface area contributed by atoms with Crippen molar-refractivity contribution >= 4 is 21.9 Å². The summed E-state index contributed by atoms with van der Waals surface area (Å²) in [5.41, 5.74) is 6.86. The third-order valence-corrected chi connectivity index (χ3v) is 8.61. The maximum atomic E-state index is 13.1. The molecule has 1 aromatic heterocycles. The summed E-state index contributed by atoms with van der Waals surface area (Å²) in [7, 11) is -4.37. The molecular formula is C28H31F5N4O7S. The van der Waals surface area contributed by atoms with E-state index >= 15 is 0 Å². The second-order valence-corrected chi connectivity index (χ2v) is 11.8. The van der Waals surface area contributed by atoms with Crippen molar-refractivity contribution < 1.29 is 54.3 Å². The molecule has 45 heavy (non-hydrogen) atoms. The van der Waals surface area contributed by atoms with Crippen LogP contribution in [0, 0.1) is 6.92 Å². The number of benzene rings is 2. The normalized spacial score (nSPS) is 16.1. The number of hydrogen-bond acceptors (Lipinski definition) is 8. The summed E-state index contributed by atoms with van der Waals surface area (Å²) in [6, 6.07) is 9.53. The van der Waals surface area contributed by atoms with Crippen LogP contribution in [0.3, 0.4) is 0 Å². The SMILES string of the molecule is CCC(F)(F)c1ccc(CN)cc1.Cc1cc(CC(=O)N2CCN(S(=O)(=O)c3ccc(OC(F)(F)F)cc3)[C@@H](C(=O)O)C2)on1. The Balaban J connectivity index is 0.000000355. The van der Waals surface area contributed by atoms with Crippen molar-refractivity contribution in [3.05, 3.63) is 77.2 Å². The van der Waals surface area contributed by atoms with Crippen LogP contribution in [0.4, 0.5) is 22.0 Å². The number of hydrogen-bond donors (Lipinski definition) is 2. The maximum absolute atomic E-state index is 13.1. The summed E-state index contributed by atoms with van der Waals surface area (Å²) in [6.07, 6.45) is -5.28. The number of carboxylic acids is 1. The molecule has 4 rings (SSSR count). The lowest BCUT2D eigenvalue weighted by Crippen LogP contribution is -2.59. The zero-order chi connectivity index (χ0) is 33.6. The van der Waals surface area contributed by atoms with Gasteiger partial charge in [-0.2, -0.15) is 4.31 Å². The van der Waals surface area contributed by atoms with Crippen LogP contribution in [0.15, 0.2) is 64.0 Å². The number of nitrogens with zero attached hydrogens (tertiary/aromatic N) is 3. The Hall–Kier alpha value is -4.09. The molecule has 246 valence electrons. The van der Waals surface area contributed by atoms with E-state index in [2.05, 4.69) is 9.89 Å². The van der Waals surface area contributed by atoms with E-state index in [9.17, 15) is 45.1 Å². The minimum Gasteiger partial charge on any atom is -0.480 e. The molecule has 0 aliphatic carbocycles. The number of aromatic nitrogens is 1. The van der Waals surface area contributed by atoms with Crippen LogP contribution in [0.25, 0.3) is 0 Å². The fraction of sp³-hybridized carbons (Fsp3) is 0.393. The zero-order valence-corrected chi connectivity index (χ0v) is 24.9. The molecular weight excluding hydrogens is 631 g/mol. The summed E-state index contributed by atoms with van der Waals surface area (Å²) >= 11 is 0. The molecule has 0 unspecified atom stereocenters. The first-order valence-corrected chi connectivity index (χ1v) is 14.9. The van der Waals surface area contributed by atoms with Gasteiger partial charge >= 0.3 is 12.3 Å². The van der Waals surface area contributed by atoms with Gasteiger partial charge in [0.25, 0.3) is 5.92 Å². The van der Waals surface area contributed by atoms with Crippen LogP contribution in [0.5, 0.6) is 5.75 Å². The van der Waals surface area contributed by atoms with Gasteiger partial charge < -0.3 is 25.0 Å². The van der Waals surface area contributed by atoms with Crippen LogP contribution >= 0.6 is 0 Å². The topological polar surface area (TPSA) is 156 Å². The highest BCUT2D eigenvalue weighted by atomic mass is 32.2. The van der Waals surface area contributed by atoms with Gasteiger partial charge in [-0.15, -0.1) is 13.2 Å². The standard InChI is InChI=1S/C18H18F3N3O7S.C10H13F2N/c1-11-8-13(31-22-11)9-16(25)23-6-7-24(15(10-23)17(26)27)32(28,29)14-4-2-12(3-5-14)30-18(19,20)21;1-2-10(11,12)9-5-3-8(7-13)4-6-9/h2-5,8,15H,6-7,9-10H2,1H3,(H,26,27);3-6H,2,7,13H2,1H3/t15-;/m1./s1. The van der Waals surface area contributed by atoms with Gasteiger partial charge in [0.1, 0.15) is 17.6 Å². The number of rotatable bonds is 9. The smallest absolute Gasteiger partial charge is 0.480 e. The van der Waals surface area contributed by atoms with Crippen molar-refractivity contribution in [2.24, 2.45) is 5.73 Å². The van der Waals surface area contributed by atoms with E-state index in [1.807, 2.05) is 0 Å². The van der Waals surface area contributed by atoms with E-state index in [1.165, 1.54) is 24.0 Å². The predicted molar refractivity (Wildman–Crippen MR) is 148 cm³/mol. The molecule has 3 aromatic rings. The van der Waals surface area contributed by atoms with Gasteiger partial charge in [-0.05, 0) is 36.8 Å². The highest BCUT2D eigenvalue weighted by Crippen LogP contribution is 2.31. The Morgan fingerprint density at radius 2 is 1.69 bits per heavy atom. The molecule has 1 atom stereocenters. The van der Waals surface area contributed by atoms with E-state index < -0.39 is 57.4 Å². The minimum absolute atomic E-state index is 0.0622. The van der Waals surface area contributed by atoms with Crippen LogP contribution in [0.1, 0.15) is 35.9 Å². The Kier molecular flexibility index (Phi) is 11.3. The summed E-state index contributed by atoms with van der Waals surface area (Å²) in [5.74, 6) is -4.98. The molecule has 1 aliphatic heterocycles. The largest absolute Gasteiger partial charge is 0.573 e.